The van der Waals surface area contributed by atoms with Gasteiger partial charge in [0.25, 0.3) is 0 Å². The number of aryl methyl sites for hydroxylation is 1. The summed E-state index contributed by atoms with van der Waals surface area (Å²) in [5, 5.41) is 10.5. The number of ether oxygens (including phenoxy) is 1. The van der Waals surface area contributed by atoms with Crippen molar-refractivity contribution in [3.63, 3.8) is 0 Å². The molecule has 1 aliphatic rings. The van der Waals surface area contributed by atoms with Gasteiger partial charge in [-0.25, -0.2) is 0 Å². The highest BCUT2D eigenvalue weighted by atomic mass is 16.5. The number of hydrogen-bond donors (Lipinski definition) is 1. The van der Waals surface area contributed by atoms with Crippen molar-refractivity contribution in [3.05, 3.63) is 48.0 Å². The molecule has 0 aliphatic carbocycles. The van der Waals surface area contributed by atoms with Crippen LogP contribution in [-0.4, -0.2) is 47.7 Å². The van der Waals surface area contributed by atoms with Gasteiger partial charge in [-0.3, -0.25) is 9.59 Å². The molecule has 5 nitrogen and oxygen atoms in total. The number of carbonyl (C=O) groups excluding carboxylic acids is 2. The highest BCUT2D eigenvalue weighted by Gasteiger charge is 2.28. The minimum atomic E-state index is -0.565. The van der Waals surface area contributed by atoms with Crippen LogP contribution in [0.1, 0.15) is 70.3 Å². The second kappa shape index (κ2) is 15.3. The Morgan fingerprint density at radius 1 is 1.21 bits per heavy atom. The molecule has 1 saturated heterocycles. The van der Waals surface area contributed by atoms with Crippen molar-refractivity contribution in [2.45, 2.75) is 83.3 Å². The van der Waals surface area contributed by atoms with Gasteiger partial charge in [-0.2, -0.15) is 0 Å². The van der Waals surface area contributed by atoms with Crippen molar-refractivity contribution in [2.75, 3.05) is 13.7 Å². The number of benzene rings is 1. The Labute approximate surface area is 199 Å². The first-order valence-corrected chi connectivity index (χ1v) is 12.2. The number of aliphatic hydroxyl groups excluding tert-OH is 1. The van der Waals surface area contributed by atoms with Crippen LogP contribution in [0.2, 0.25) is 0 Å². The Kier molecular flexibility index (Phi) is 12.4. The lowest BCUT2D eigenvalue weighted by Gasteiger charge is -2.23. The molecule has 5 heteroatoms. The van der Waals surface area contributed by atoms with Gasteiger partial charge in [-0.1, -0.05) is 62.2 Å². The maximum atomic E-state index is 12.3. The number of methoxy groups -OCH3 is 1. The van der Waals surface area contributed by atoms with E-state index in [1.807, 2.05) is 42.2 Å². The molecule has 0 saturated carbocycles. The monoisotopic (exact) mass is 453 g/mol. The summed E-state index contributed by atoms with van der Waals surface area (Å²) >= 11 is 0. The van der Waals surface area contributed by atoms with E-state index in [0.29, 0.717) is 19.3 Å². The molecule has 2 rings (SSSR count). The molecule has 0 bridgehead atoms. The molecule has 0 aromatic heterocycles. The predicted octanol–water partition coefficient (Wildman–Crippen LogP) is 4.68. The van der Waals surface area contributed by atoms with Crippen molar-refractivity contribution < 1.29 is 19.4 Å². The van der Waals surface area contributed by atoms with Crippen LogP contribution in [0.15, 0.2) is 42.5 Å². The Morgan fingerprint density at radius 2 is 1.97 bits per heavy atom. The van der Waals surface area contributed by atoms with Crippen molar-refractivity contribution >= 4 is 11.9 Å². The van der Waals surface area contributed by atoms with E-state index in [4.69, 9.17) is 0 Å². The number of nitrogens with zero attached hydrogens (tertiary/aromatic N) is 1. The number of amides is 1. The van der Waals surface area contributed by atoms with Crippen LogP contribution < -0.4 is 0 Å². The summed E-state index contributed by atoms with van der Waals surface area (Å²) in [6, 6.07) is 10.4. The zero-order valence-corrected chi connectivity index (χ0v) is 20.2. The lowest BCUT2D eigenvalue weighted by molar-refractivity contribution is -0.140. The Morgan fingerprint density at radius 3 is 2.73 bits per heavy atom. The van der Waals surface area contributed by atoms with Crippen LogP contribution in [0.4, 0.5) is 0 Å². The lowest BCUT2D eigenvalue weighted by Crippen LogP contribution is -2.33. The van der Waals surface area contributed by atoms with E-state index in [-0.39, 0.29) is 23.8 Å². The quantitative estimate of drug-likeness (QED) is 0.204. The van der Waals surface area contributed by atoms with E-state index >= 15 is 0 Å². The molecule has 1 aromatic carbocycles. The summed E-state index contributed by atoms with van der Waals surface area (Å²) in [4.78, 5) is 25.3. The van der Waals surface area contributed by atoms with E-state index in [1.165, 1.54) is 12.7 Å². The Balaban J connectivity index is 1.68. The average Bonchev–Trinajstić information content (AvgIpc) is 3.18. The van der Waals surface area contributed by atoms with Crippen molar-refractivity contribution in [1.29, 1.82) is 0 Å². The van der Waals surface area contributed by atoms with E-state index in [0.717, 1.165) is 51.5 Å². The van der Waals surface area contributed by atoms with Gasteiger partial charge in [0.05, 0.1) is 19.3 Å². The van der Waals surface area contributed by atoms with Crippen molar-refractivity contribution in [2.24, 2.45) is 5.92 Å². The number of unbranched alkanes of at least 4 members (excludes halogenated alkanes) is 3. The topological polar surface area (TPSA) is 66.8 Å². The molecule has 1 fully saturated rings. The van der Waals surface area contributed by atoms with E-state index in [1.54, 1.807) is 0 Å². The number of likely N-dealkylation sites (tertiary alicyclic amines) is 1. The smallest absolute Gasteiger partial charge is 0.305 e. The number of rotatable bonds is 13. The summed E-state index contributed by atoms with van der Waals surface area (Å²) in [5.41, 5.74) is 1.29. The molecule has 1 aliphatic heterocycles. The fraction of sp³-hybridized carbons (Fsp3) is 0.571. The molecule has 3 atom stereocenters. The minimum absolute atomic E-state index is 0.0471. The molecule has 33 heavy (non-hydrogen) atoms. The first kappa shape index (κ1) is 26.7. The van der Waals surface area contributed by atoms with E-state index in [2.05, 4.69) is 28.7 Å². The van der Waals surface area contributed by atoms with Crippen molar-refractivity contribution in [3.8, 4) is 11.8 Å². The molecule has 180 valence electrons. The SMILES string of the molecule is COC(=O)CCCCCCN1C(=O)CCC1C=C[C@@H](O)[C@H](C)CC#CCCc1ccccc1. The Bertz CT molecular complexity index is 808. The highest BCUT2D eigenvalue weighted by Crippen LogP contribution is 2.22. The van der Waals surface area contributed by atoms with Crippen LogP contribution in [0.25, 0.3) is 0 Å². The summed E-state index contributed by atoms with van der Waals surface area (Å²) in [6.45, 7) is 2.73. The molecule has 1 N–H and O–H groups in total. The third-order valence-electron chi connectivity index (χ3n) is 6.18. The summed E-state index contributed by atoms with van der Waals surface area (Å²) < 4.78 is 4.65. The van der Waals surface area contributed by atoms with Gasteiger partial charge in [0.2, 0.25) is 5.91 Å². The summed E-state index contributed by atoms with van der Waals surface area (Å²) in [6.07, 6.45) is 11.2. The van der Waals surface area contributed by atoms with Crippen LogP contribution in [0, 0.1) is 17.8 Å². The molecule has 0 spiro atoms. The summed E-state index contributed by atoms with van der Waals surface area (Å²) in [7, 11) is 1.41. The molecule has 1 unspecified atom stereocenters. The number of carbonyl (C=O) groups is 2. The number of hydrogen-bond acceptors (Lipinski definition) is 4. The third-order valence-corrected chi connectivity index (χ3v) is 6.18. The third kappa shape index (κ3) is 10.3. The largest absolute Gasteiger partial charge is 0.469 e. The Hall–Kier alpha value is -2.58. The minimum Gasteiger partial charge on any atom is -0.469 e. The second-order valence-corrected chi connectivity index (χ2v) is 8.83. The first-order chi connectivity index (χ1) is 16.0. The van der Waals surface area contributed by atoms with Crippen molar-refractivity contribution in [1.82, 2.24) is 4.90 Å². The fourth-order valence-electron chi connectivity index (χ4n) is 3.98. The predicted molar refractivity (Wildman–Crippen MR) is 131 cm³/mol. The van der Waals surface area contributed by atoms with Gasteiger partial charge in [0.15, 0.2) is 0 Å². The molecule has 1 amide bonds. The van der Waals surface area contributed by atoms with Gasteiger partial charge >= 0.3 is 5.97 Å². The van der Waals surface area contributed by atoms with E-state index < -0.39 is 6.10 Å². The molecule has 0 radical (unpaired) electrons. The summed E-state index contributed by atoms with van der Waals surface area (Å²) in [5.74, 6) is 6.48. The van der Waals surface area contributed by atoms with Gasteiger partial charge in [0.1, 0.15) is 0 Å². The van der Waals surface area contributed by atoms with E-state index in [9.17, 15) is 14.7 Å². The molecular weight excluding hydrogens is 414 g/mol. The second-order valence-electron chi connectivity index (χ2n) is 8.83. The zero-order valence-electron chi connectivity index (χ0n) is 20.2. The van der Waals surface area contributed by atoms with Crippen LogP contribution in [0.5, 0.6) is 0 Å². The van der Waals surface area contributed by atoms with Crippen LogP contribution in [0.3, 0.4) is 0 Å². The standard InChI is InChI=1S/C28H39NO4/c1-23(13-7-5-8-14-24-15-9-6-10-16-24)26(30)20-18-25-19-21-27(31)29(25)22-12-4-3-11-17-28(32)33-2/h6,9-10,15-16,18,20,23,25-26,30H,3-4,8,11-14,17,19,21-22H2,1-2H3/t23-,25?,26-/m1/s1. The average molecular weight is 454 g/mol. The lowest BCUT2D eigenvalue weighted by atomic mass is 9.99. The van der Waals surface area contributed by atoms with Gasteiger partial charge in [-0.15, -0.1) is 11.8 Å². The number of esters is 1. The molecular formula is C28H39NO4. The molecule has 1 heterocycles. The maximum absolute atomic E-state index is 12.3. The molecule has 1 aromatic rings. The fourth-order valence-corrected chi connectivity index (χ4v) is 3.98. The van der Waals surface area contributed by atoms with Crippen LogP contribution in [-0.2, 0) is 20.7 Å². The van der Waals surface area contributed by atoms with Gasteiger partial charge in [0, 0.05) is 32.2 Å². The van der Waals surface area contributed by atoms with Gasteiger partial charge < -0.3 is 14.7 Å². The zero-order chi connectivity index (χ0) is 23.9. The van der Waals surface area contributed by atoms with Crippen LogP contribution >= 0.6 is 0 Å². The normalized spacial score (nSPS) is 17.6. The number of aliphatic hydroxyl groups is 1. The highest BCUT2D eigenvalue weighted by molar-refractivity contribution is 5.79. The van der Waals surface area contributed by atoms with Gasteiger partial charge in [-0.05, 0) is 37.2 Å². The maximum Gasteiger partial charge on any atom is 0.305 e. The first-order valence-electron chi connectivity index (χ1n) is 12.2.